The molecule has 0 heterocycles. The Bertz CT molecular complexity index is 725. The van der Waals surface area contributed by atoms with Crippen LogP contribution in [0.4, 0.5) is 0 Å². The zero-order valence-corrected chi connectivity index (χ0v) is 22.2. The summed E-state index contributed by atoms with van der Waals surface area (Å²) >= 11 is 0. The highest BCUT2D eigenvalue weighted by atomic mass is 16.4. The molecule has 0 fully saturated rings. The maximum absolute atomic E-state index is 10.2. The van der Waals surface area contributed by atoms with E-state index in [1.54, 1.807) is 67.6 Å². The first-order valence-electron chi connectivity index (χ1n) is 12.7. The monoisotopic (exact) mass is 502 g/mol. The molecule has 0 bridgehead atoms. The Morgan fingerprint density at radius 2 is 1.22 bits per heavy atom. The minimum absolute atomic E-state index is 0.310. The first kappa shape index (κ1) is 35.2. The number of benzene rings is 2. The van der Waals surface area contributed by atoms with Crippen molar-refractivity contribution in [1.82, 2.24) is 0 Å². The van der Waals surface area contributed by atoms with E-state index in [0.29, 0.717) is 17.5 Å². The van der Waals surface area contributed by atoms with Crippen molar-refractivity contribution in [3.05, 3.63) is 84.4 Å². The molecule has 0 aromatic heterocycles. The van der Waals surface area contributed by atoms with Crippen molar-refractivity contribution in [2.75, 3.05) is 0 Å². The first-order chi connectivity index (χ1) is 17.2. The number of aliphatic hydroxyl groups is 2. The van der Waals surface area contributed by atoms with Gasteiger partial charge in [0.25, 0.3) is 0 Å². The molecule has 0 radical (unpaired) electrons. The second-order valence-electron chi connectivity index (χ2n) is 8.36. The molecule has 2 atom stereocenters. The standard InChI is InChI=1S/C9H18.2C7H6O2.C7H16O2/c1-3-5-7-9-8-6-4-2;2*8-7(9)6-4-2-1-3-5-6;1-3-4-7(9)5-6(2)8/h3H,1,4-9H2,2H3;2*1-5H,(H,8,9);6-9H,3-5H2,1-2H3. The number of allylic oxidation sites excluding steroid dienone is 1. The number of hydrogen-bond donors (Lipinski definition) is 4. The SMILES string of the molecule is C=CCCCCCCC.CCCC(O)CC(C)O.O=C(O)c1ccccc1.O=C(O)c1ccccc1. The van der Waals surface area contributed by atoms with Crippen molar-refractivity contribution in [3.8, 4) is 0 Å². The Hall–Kier alpha value is -2.96. The Kier molecular flexibility index (Phi) is 24.6. The molecule has 2 unspecified atom stereocenters. The molecule has 0 amide bonds. The molecule has 4 N–H and O–H groups in total. The van der Waals surface area contributed by atoms with Crippen LogP contribution in [0.5, 0.6) is 0 Å². The maximum Gasteiger partial charge on any atom is 0.335 e. The van der Waals surface area contributed by atoms with E-state index in [1.807, 2.05) is 13.0 Å². The van der Waals surface area contributed by atoms with Crippen LogP contribution in [0.2, 0.25) is 0 Å². The minimum Gasteiger partial charge on any atom is -0.478 e. The quantitative estimate of drug-likeness (QED) is 0.180. The Morgan fingerprint density at radius 1 is 0.778 bits per heavy atom. The summed E-state index contributed by atoms with van der Waals surface area (Å²) in [6.45, 7) is 9.63. The topological polar surface area (TPSA) is 115 Å². The van der Waals surface area contributed by atoms with Crippen LogP contribution >= 0.6 is 0 Å². The van der Waals surface area contributed by atoms with Crippen molar-refractivity contribution < 1.29 is 30.0 Å². The average Bonchev–Trinajstić information content (AvgIpc) is 2.86. The van der Waals surface area contributed by atoms with Gasteiger partial charge in [-0.25, -0.2) is 9.59 Å². The molecule has 0 aliphatic heterocycles. The third-order valence-corrected chi connectivity index (χ3v) is 4.79. The van der Waals surface area contributed by atoms with Crippen LogP contribution < -0.4 is 0 Å². The summed E-state index contributed by atoms with van der Waals surface area (Å²) in [5.41, 5.74) is 0.662. The van der Waals surface area contributed by atoms with Gasteiger partial charge >= 0.3 is 11.9 Å². The maximum atomic E-state index is 10.2. The van der Waals surface area contributed by atoms with Crippen LogP contribution in [0.3, 0.4) is 0 Å². The zero-order chi connectivity index (χ0) is 27.6. The van der Waals surface area contributed by atoms with E-state index in [0.717, 1.165) is 12.8 Å². The number of carbonyl (C=O) groups is 2. The van der Waals surface area contributed by atoms with Crippen molar-refractivity contribution >= 4 is 11.9 Å². The van der Waals surface area contributed by atoms with Gasteiger partial charge in [-0.3, -0.25) is 0 Å². The van der Waals surface area contributed by atoms with E-state index >= 15 is 0 Å². The van der Waals surface area contributed by atoms with E-state index in [9.17, 15) is 9.59 Å². The number of carboxylic acid groups (broad SMARTS) is 2. The van der Waals surface area contributed by atoms with Crippen LogP contribution in [0.25, 0.3) is 0 Å². The molecule has 0 spiro atoms. The first-order valence-corrected chi connectivity index (χ1v) is 12.7. The predicted octanol–water partition coefficient (Wildman–Crippen LogP) is 7.22. The third kappa shape index (κ3) is 24.2. The van der Waals surface area contributed by atoms with E-state index in [1.165, 1.54) is 38.5 Å². The molecule has 2 rings (SSSR count). The molecule has 6 nitrogen and oxygen atoms in total. The van der Waals surface area contributed by atoms with E-state index in [2.05, 4.69) is 13.5 Å². The molecule has 6 heteroatoms. The van der Waals surface area contributed by atoms with Gasteiger partial charge in [0, 0.05) is 0 Å². The number of hydrogen-bond acceptors (Lipinski definition) is 4. The highest BCUT2D eigenvalue weighted by Gasteiger charge is 2.05. The molecule has 2 aromatic carbocycles. The van der Waals surface area contributed by atoms with E-state index in [-0.39, 0.29) is 12.2 Å². The highest BCUT2D eigenvalue weighted by Crippen LogP contribution is 2.04. The fourth-order valence-electron chi connectivity index (χ4n) is 2.90. The van der Waals surface area contributed by atoms with E-state index in [4.69, 9.17) is 20.4 Å². The molecular formula is C30H46O6. The van der Waals surface area contributed by atoms with Crippen molar-refractivity contribution in [2.24, 2.45) is 0 Å². The van der Waals surface area contributed by atoms with E-state index < -0.39 is 11.9 Å². The van der Waals surface area contributed by atoms with Gasteiger partial charge in [-0.2, -0.15) is 0 Å². The van der Waals surface area contributed by atoms with Gasteiger partial charge in [0.1, 0.15) is 0 Å². The summed E-state index contributed by atoms with van der Waals surface area (Å²) in [5, 5.41) is 34.6. The Balaban J connectivity index is 0. The smallest absolute Gasteiger partial charge is 0.335 e. The van der Waals surface area contributed by atoms with Gasteiger partial charge in [-0.1, -0.05) is 88.4 Å². The summed E-state index contributed by atoms with van der Waals surface area (Å²) < 4.78 is 0. The highest BCUT2D eigenvalue weighted by molar-refractivity contribution is 5.87. The lowest BCUT2D eigenvalue weighted by Crippen LogP contribution is -2.13. The number of carboxylic acids is 2. The van der Waals surface area contributed by atoms with Crippen LogP contribution in [-0.4, -0.2) is 44.6 Å². The molecule has 202 valence electrons. The normalized spacial score (nSPS) is 11.1. The van der Waals surface area contributed by atoms with Crippen LogP contribution in [-0.2, 0) is 0 Å². The Labute approximate surface area is 217 Å². The lowest BCUT2D eigenvalue weighted by molar-refractivity contribution is 0.0686. The van der Waals surface area contributed by atoms with Gasteiger partial charge in [0.15, 0.2) is 0 Å². The molecule has 2 aromatic rings. The van der Waals surface area contributed by atoms with Gasteiger partial charge in [-0.15, -0.1) is 6.58 Å². The summed E-state index contributed by atoms with van der Waals surface area (Å²) in [5.74, 6) is -1.76. The fourth-order valence-corrected chi connectivity index (χ4v) is 2.90. The van der Waals surface area contributed by atoms with Crippen LogP contribution in [0.1, 0.15) is 99.3 Å². The lowest BCUT2D eigenvalue weighted by atomic mass is 10.1. The minimum atomic E-state index is -0.879. The van der Waals surface area contributed by atoms with Gasteiger partial charge in [-0.05, 0) is 56.9 Å². The summed E-state index contributed by atoms with van der Waals surface area (Å²) in [7, 11) is 0. The zero-order valence-electron chi connectivity index (χ0n) is 22.2. The molecule has 36 heavy (non-hydrogen) atoms. The van der Waals surface area contributed by atoms with Crippen molar-refractivity contribution in [1.29, 1.82) is 0 Å². The average molecular weight is 503 g/mol. The number of aliphatic hydroxyl groups excluding tert-OH is 2. The van der Waals surface area contributed by atoms with Crippen LogP contribution in [0.15, 0.2) is 73.3 Å². The summed E-state index contributed by atoms with van der Waals surface area (Å²) in [4.78, 5) is 20.4. The molecular weight excluding hydrogens is 456 g/mol. The molecule has 0 aliphatic carbocycles. The van der Waals surface area contributed by atoms with Crippen LogP contribution in [0, 0.1) is 0 Å². The lowest BCUT2D eigenvalue weighted by Gasteiger charge is -2.09. The number of unbranched alkanes of at least 4 members (excludes halogenated alkanes) is 5. The number of rotatable bonds is 12. The van der Waals surface area contributed by atoms with Gasteiger partial charge < -0.3 is 20.4 Å². The second-order valence-corrected chi connectivity index (χ2v) is 8.36. The molecule has 0 saturated heterocycles. The van der Waals surface area contributed by atoms with Crippen molar-refractivity contribution in [2.45, 2.75) is 90.8 Å². The fraction of sp³-hybridized carbons (Fsp3) is 0.467. The summed E-state index contributed by atoms with van der Waals surface area (Å²) in [6.07, 6.45) is 11.7. The predicted molar refractivity (Wildman–Crippen MR) is 148 cm³/mol. The van der Waals surface area contributed by atoms with Gasteiger partial charge in [0.05, 0.1) is 23.3 Å². The molecule has 0 aliphatic rings. The molecule has 0 saturated carbocycles. The van der Waals surface area contributed by atoms with Gasteiger partial charge in [0.2, 0.25) is 0 Å². The van der Waals surface area contributed by atoms with Crippen molar-refractivity contribution in [3.63, 3.8) is 0 Å². The second kappa shape index (κ2) is 25.1. The Morgan fingerprint density at radius 3 is 1.53 bits per heavy atom. The largest absolute Gasteiger partial charge is 0.478 e. The third-order valence-electron chi connectivity index (χ3n) is 4.79. The summed E-state index contributed by atoms with van der Waals surface area (Å²) in [6, 6.07) is 16.6. The number of aromatic carboxylic acids is 2.